The van der Waals surface area contributed by atoms with E-state index in [1.807, 2.05) is 0 Å². The molecule has 28 heavy (non-hydrogen) atoms. The maximum Gasteiger partial charge on any atom is 0.274 e. The third-order valence-electron chi connectivity index (χ3n) is 3.89. The Morgan fingerprint density at radius 1 is 1.04 bits per heavy atom. The van der Waals surface area contributed by atoms with Crippen LogP contribution >= 0.6 is 0 Å². The summed E-state index contributed by atoms with van der Waals surface area (Å²) in [5.74, 6) is -0.853. The lowest BCUT2D eigenvalue weighted by Crippen LogP contribution is -2.16. The van der Waals surface area contributed by atoms with Gasteiger partial charge in [0.1, 0.15) is 17.3 Å². The molecular weight excluding hydrogens is 370 g/mol. The fourth-order valence-electron chi connectivity index (χ4n) is 2.62. The first-order chi connectivity index (χ1) is 13.5. The number of hydrogen-bond acceptors (Lipinski definition) is 6. The second kappa shape index (κ2) is 7.10. The number of ether oxygens (including phenoxy) is 2. The molecule has 0 spiro atoms. The van der Waals surface area contributed by atoms with E-state index < -0.39 is 17.5 Å². The van der Waals surface area contributed by atoms with E-state index in [0.717, 1.165) is 12.1 Å². The van der Waals surface area contributed by atoms with Gasteiger partial charge in [-0.3, -0.25) is 4.79 Å². The molecule has 3 aromatic rings. The number of benzene rings is 2. The van der Waals surface area contributed by atoms with Crippen molar-refractivity contribution < 1.29 is 23.0 Å². The Morgan fingerprint density at radius 2 is 1.86 bits per heavy atom. The SMILES string of the molecule is Cc1cc(C(=O)Nc2ccc(F)cc2F)nc(Nc2ccc3c(c2)OCO3)n1. The molecule has 2 aromatic carbocycles. The molecule has 0 aliphatic carbocycles. The van der Waals surface area contributed by atoms with Crippen LogP contribution in [0.2, 0.25) is 0 Å². The number of fused-ring (bicyclic) bond motifs is 1. The van der Waals surface area contributed by atoms with Gasteiger partial charge in [-0.15, -0.1) is 0 Å². The van der Waals surface area contributed by atoms with Crippen molar-refractivity contribution in [2.24, 2.45) is 0 Å². The summed E-state index contributed by atoms with van der Waals surface area (Å²) >= 11 is 0. The molecule has 2 N–H and O–H groups in total. The second-order valence-electron chi connectivity index (χ2n) is 5.99. The summed E-state index contributed by atoms with van der Waals surface area (Å²) in [6.07, 6.45) is 0. The molecule has 1 aliphatic heterocycles. The molecule has 142 valence electrons. The minimum atomic E-state index is -0.877. The van der Waals surface area contributed by atoms with Crippen molar-refractivity contribution in [1.82, 2.24) is 9.97 Å². The molecule has 0 saturated heterocycles. The summed E-state index contributed by atoms with van der Waals surface area (Å²) in [6.45, 7) is 1.85. The molecule has 0 unspecified atom stereocenters. The molecule has 1 aliphatic rings. The first-order valence-electron chi connectivity index (χ1n) is 8.27. The molecule has 0 bridgehead atoms. The number of rotatable bonds is 4. The lowest BCUT2D eigenvalue weighted by molar-refractivity contribution is 0.102. The van der Waals surface area contributed by atoms with Gasteiger partial charge in [0.25, 0.3) is 5.91 Å². The van der Waals surface area contributed by atoms with Crippen LogP contribution < -0.4 is 20.1 Å². The van der Waals surface area contributed by atoms with Crippen molar-refractivity contribution in [2.75, 3.05) is 17.4 Å². The fourth-order valence-corrected chi connectivity index (χ4v) is 2.62. The number of anilines is 3. The van der Waals surface area contributed by atoms with Gasteiger partial charge in [0.15, 0.2) is 11.5 Å². The Kier molecular flexibility index (Phi) is 4.48. The van der Waals surface area contributed by atoms with Crippen LogP contribution in [0.15, 0.2) is 42.5 Å². The van der Waals surface area contributed by atoms with Crippen molar-refractivity contribution in [1.29, 1.82) is 0 Å². The van der Waals surface area contributed by atoms with Crippen molar-refractivity contribution in [3.8, 4) is 11.5 Å². The van der Waals surface area contributed by atoms with E-state index in [0.29, 0.717) is 28.9 Å². The smallest absolute Gasteiger partial charge is 0.274 e. The first kappa shape index (κ1) is 17.7. The van der Waals surface area contributed by atoms with E-state index in [2.05, 4.69) is 20.6 Å². The van der Waals surface area contributed by atoms with E-state index in [4.69, 9.17) is 9.47 Å². The maximum atomic E-state index is 13.8. The Labute approximate surface area is 158 Å². The van der Waals surface area contributed by atoms with E-state index in [9.17, 15) is 13.6 Å². The lowest BCUT2D eigenvalue weighted by atomic mass is 10.2. The Hall–Kier alpha value is -3.75. The number of aromatic nitrogens is 2. The summed E-state index contributed by atoms with van der Waals surface area (Å²) in [7, 11) is 0. The summed E-state index contributed by atoms with van der Waals surface area (Å²) in [5, 5.41) is 5.36. The highest BCUT2D eigenvalue weighted by atomic mass is 19.1. The van der Waals surface area contributed by atoms with E-state index in [1.54, 1.807) is 25.1 Å². The fraction of sp³-hybridized carbons (Fsp3) is 0.105. The highest BCUT2D eigenvalue weighted by Crippen LogP contribution is 2.34. The molecule has 0 fully saturated rings. The Balaban J connectivity index is 1.55. The van der Waals surface area contributed by atoms with Crippen LogP contribution in [0.25, 0.3) is 0 Å². The number of aryl methyl sites for hydroxylation is 1. The van der Waals surface area contributed by atoms with Crippen LogP contribution in [0.1, 0.15) is 16.2 Å². The minimum Gasteiger partial charge on any atom is -0.454 e. The van der Waals surface area contributed by atoms with E-state index in [-0.39, 0.29) is 24.1 Å². The monoisotopic (exact) mass is 384 g/mol. The molecule has 1 aromatic heterocycles. The third-order valence-corrected chi connectivity index (χ3v) is 3.89. The van der Waals surface area contributed by atoms with Gasteiger partial charge in [-0.2, -0.15) is 0 Å². The summed E-state index contributed by atoms with van der Waals surface area (Å²) < 4.78 is 37.3. The van der Waals surface area contributed by atoms with Gasteiger partial charge in [0, 0.05) is 23.5 Å². The summed E-state index contributed by atoms with van der Waals surface area (Å²) in [5.41, 5.74) is 1.06. The first-order valence-corrected chi connectivity index (χ1v) is 8.27. The summed E-state index contributed by atoms with van der Waals surface area (Å²) in [6, 6.07) is 9.56. The number of amides is 1. The van der Waals surface area contributed by atoms with Gasteiger partial charge in [-0.25, -0.2) is 18.7 Å². The van der Waals surface area contributed by atoms with Crippen LogP contribution in [0.3, 0.4) is 0 Å². The van der Waals surface area contributed by atoms with Crippen LogP contribution in [0.5, 0.6) is 11.5 Å². The van der Waals surface area contributed by atoms with E-state index >= 15 is 0 Å². The second-order valence-corrected chi connectivity index (χ2v) is 5.99. The van der Waals surface area contributed by atoms with Crippen LogP contribution in [0.4, 0.5) is 26.1 Å². The van der Waals surface area contributed by atoms with Crippen molar-refractivity contribution >= 4 is 23.2 Å². The third kappa shape index (κ3) is 3.68. The van der Waals surface area contributed by atoms with Gasteiger partial charge in [-0.1, -0.05) is 0 Å². The number of halogens is 2. The molecule has 7 nitrogen and oxygen atoms in total. The number of carbonyl (C=O) groups excluding carboxylic acids is 1. The van der Waals surface area contributed by atoms with E-state index in [1.165, 1.54) is 6.07 Å². The highest BCUT2D eigenvalue weighted by molar-refractivity contribution is 6.03. The topological polar surface area (TPSA) is 85.4 Å². The lowest BCUT2D eigenvalue weighted by Gasteiger charge is -2.10. The highest BCUT2D eigenvalue weighted by Gasteiger charge is 2.16. The average molecular weight is 384 g/mol. The predicted molar refractivity (Wildman–Crippen MR) is 96.9 cm³/mol. The van der Waals surface area contributed by atoms with Gasteiger partial charge >= 0.3 is 0 Å². The zero-order chi connectivity index (χ0) is 19.7. The zero-order valence-corrected chi connectivity index (χ0v) is 14.6. The van der Waals surface area contributed by atoms with Crippen molar-refractivity contribution in [3.05, 3.63) is 65.5 Å². The van der Waals surface area contributed by atoms with Crippen LogP contribution in [-0.2, 0) is 0 Å². The normalized spacial score (nSPS) is 12.0. The largest absolute Gasteiger partial charge is 0.454 e. The standard InChI is InChI=1S/C19H14F2N4O3/c1-10-6-15(18(26)24-14-4-2-11(20)7-13(14)21)25-19(22-10)23-12-3-5-16-17(8-12)28-9-27-16/h2-8H,9H2,1H3,(H,24,26)(H,22,23,25). The van der Waals surface area contributed by atoms with Crippen LogP contribution in [0, 0.1) is 18.6 Å². The maximum absolute atomic E-state index is 13.8. The van der Waals surface area contributed by atoms with Crippen molar-refractivity contribution in [3.63, 3.8) is 0 Å². The summed E-state index contributed by atoms with van der Waals surface area (Å²) in [4.78, 5) is 20.8. The van der Waals surface area contributed by atoms with Gasteiger partial charge < -0.3 is 20.1 Å². The van der Waals surface area contributed by atoms with Gasteiger partial charge in [-0.05, 0) is 37.3 Å². The van der Waals surface area contributed by atoms with Gasteiger partial charge in [0.2, 0.25) is 12.7 Å². The average Bonchev–Trinajstić information content (AvgIpc) is 3.11. The Morgan fingerprint density at radius 3 is 2.68 bits per heavy atom. The zero-order valence-electron chi connectivity index (χ0n) is 14.6. The van der Waals surface area contributed by atoms with Crippen LogP contribution in [-0.4, -0.2) is 22.7 Å². The Bertz CT molecular complexity index is 1080. The number of carbonyl (C=O) groups is 1. The number of nitrogens with one attached hydrogen (secondary N) is 2. The molecule has 0 atom stereocenters. The van der Waals surface area contributed by atoms with Gasteiger partial charge in [0.05, 0.1) is 5.69 Å². The van der Waals surface area contributed by atoms with Crippen molar-refractivity contribution in [2.45, 2.75) is 6.92 Å². The molecule has 9 heteroatoms. The molecule has 2 heterocycles. The minimum absolute atomic E-state index is 0.0273. The molecule has 4 rings (SSSR count). The molecule has 0 radical (unpaired) electrons. The molecular formula is C19H14F2N4O3. The number of nitrogens with zero attached hydrogens (tertiary/aromatic N) is 2. The quantitative estimate of drug-likeness (QED) is 0.712. The number of hydrogen-bond donors (Lipinski definition) is 2. The molecule has 0 saturated carbocycles. The molecule has 1 amide bonds. The predicted octanol–water partition coefficient (Wildman–Crippen LogP) is 3.79.